The third-order valence-corrected chi connectivity index (χ3v) is 3.36. The molecule has 0 unspecified atom stereocenters. The summed E-state index contributed by atoms with van der Waals surface area (Å²) >= 11 is 0. The molecule has 1 aromatic carbocycles. The van der Waals surface area contributed by atoms with Gasteiger partial charge in [0.2, 0.25) is 0 Å². The Labute approximate surface area is 127 Å². The summed E-state index contributed by atoms with van der Waals surface area (Å²) in [5, 5.41) is 8.62. The predicted octanol–water partition coefficient (Wildman–Crippen LogP) is 3.16. The molecule has 4 heteroatoms. The highest BCUT2D eigenvalue weighted by Crippen LogP contribution is 2.25. The van der Waals surface area contributed by atoms with Crippen LogP contribution in [0.25, 0.3) is 0 Å². The zero-order valence-electron chi connectivity index (χ0n) is 13.6. The van der Waals surface area contributed by atoms with Gasteiger partial charge in [0, 0.05) is 13.1 Å². The first kappa shape index (κ1) is 17.5. The zero-order chi connectivity index (χ0) is 15.9. The van der Waals surface area contributed by atoms with E-state index in [1.54, 1.807) is 0 Å². The van der Waals surface area contributed by atoms with Crippen molar-refractivity contribution in [3.63, 3.8) is 0 Å². The minimum atomic E-state index is -0.753. The van der Waals surface area contributed by atoms with E-state index < -0.39 is 5.97 Å². The van der Waals surface area contributed by atoms with Crippen molar-refractivity contribution in [1.29, 1.82) is 0 Å². The van der Waals surface area contributed by atoms with E-state index in [0.29, 0.717) is 13.2 Å². The molecule has 0 aliphatic heterocycles. The molecule has 1 rings (SSSR count). The van der Waals surface area contributed by atoms with E-state index in [-0.39, 0.29) is 11.8 Å². The van der Waals surface area contributed by atoms with Gasteiger partial charge in [0.05, 0.1) is 13.0 Å². The Balaban J connectivity index is 2.31. The second kappa shape index (κ2) is 8.03. The summed E-state index contributed by atoms with van der Waals surface area (Å²) in [7, 11) is 1.93. The summed E-state index contributed by atoms with van der Waals surface area (Å²) in [6, 6.07) is 8.21. The third-order valence-electron chi connectivity index (χ3n) is 3.36. The molecule has 0 aliphatic carbocycles. The molecule has 4 nitrogen and oxygen atoms in total. The van der Waals surface area contributed by atoms with Gasteiger partial charge in [0.25, 0.3) is 0 Å². The van der Waals surface area contributed by atoms with E-state index in [4.69, 9.17) is 9.84 Å². The maximum absolute atomic E-state index is 10.5. The smallest absolute Gasteiger partial charge is 0.304 e. The summed E-state index contributed by atoms with van der Waals surface area (Å²) < 4.78 is 5.77. The molecule has 0 bridgehead atoms. The van der Waals surface area contributed by atoms with Crippen LogP contribution in [0, 0.1) is 0 Å². The topological polar surface area (TPSA) is 49.8 Å². The number of carboxylic acid groups (broad SMARTS) is 1. The zero-order valence-corrected chi connectivity index (χ0v) is 13.6. The van der Waals surface area contributed by atoms with Crippen molar-refractivity contribution in [2.75, 3.05) is 26.7 Å². The molecule has 118 valence electrons. The van der Waals surface area contributed by atoms with Gasteiger partial charge < -0.3 is 14.7 Å². The largest absolute Gasteiger partial charge is 0.494 e. The number of benzene rings is 1. The average Bonchev–Trinajstić information content (AvgIpc) is 2.41. The van der Waals surface area contributed by atoms with Crippen LogP contribution in [0.3, 0.4) is 0 Å². The first-order valence-electron chi connectivity index (χ1n) is 7.43. The lowest BCUT2D eigenvalue weighted by Gasteiger charge is -2.20. The van der Waals surface area contributed by atoms with Crippen LogP contribution in [0.4, 0.5) is 0 Å². The van der Waals surface area contributed by atoms with Crippen molar-refractivity contribution < 1.29 is 14.6 Å². The highest BCUT2D eigenvalue weighted by Gasteiger charge is 2.13. The van der Waals surface area contributed by atoms with Crippen LogP contribution in [0.15, 0.2) is 24.3 Å². The molecule has 0 saturated carbocycles. The predicted molar refractivity (Wildman–Crippen MR) is 85.0 cm³/mol. The van der Waals surface area contributed by atoms with Crippen LogP contribution in [0.5, 0.6) is 5.75 Å². The lowest BCUT2D eigenvalue weighted by molar-refractivity contribution is -0.137. The number of carboxylic acids is 1. The van der Waals surface area contributed by atoms with Crippen molar-refractivity contribution in [3.05, 3.63) is 29.8 Å². The summed E-state index contributed by atoms with van der Waals surface area (Å²) in [6.07, 6.45) is 1.07. The fourth-order valence-corrected chi connectivity index (χ4v) is 1.98. The SMILES string of the molecule is CN(CCCOc1cccc(C(C)(C)C)c1)CCC(=O)O. The molecule has 0 heterocycles. The highest BCUT2D eigenvalue weighted by molar-refractivity contribution is 5.66. The molecule has 0 aliphatic rings. The second-order valence-corrected chi connectivity index (χ2v) is 6.43. The summed E-state index contributed by atoms with van der Waals surface area (Å²) in [6.45, 7) is 8.61. The van der Waals surface area contributed by atoms with Crippen LogP contribution >= 0.6 is 0 Å². The molecular weight excluding hydrogens is 266 g/mol. The van der Waals surface area contributed by atoms with Crippen LogP contribution in [-0.4, -0.2) is 42.7 Å². The van der Waals surface area contributed by atoms with Gasteiger partial charge >= 0.3 is 5.97 Å². The van der Waals surface area contributed by atoms with Crippen molar-refractivity contribution in [3.8, 4) is 5.75 Å². The first-order chi connectivity index (χ1) is 9.79. The second-order valence-electron chi connectivity index (χ2n) is 6.43. The fourth-order valence-electron chi connectivity index (χ4n) is 1.98. The Morgan fingerprint density at radius 3 is 2.62 bits per heavy atom. The van der Waals surface area contributed by atoms with Crippen LogP contribution in [-0.2, 0) is 10.2 Å². The Morgan fingerprint density at radius 1 is 1.29 bits per heavy atom. The molecular formula is C17H27NO3. The molecule has 0 aromatic heterocycles. The van der Waals surface area contributed by atoms with Crippen molar-refractivity contribution >= 4 is 5.97 Å². The van der Waals surface area contributed by atoms with Gasteiger partial charge in [-0.1, -0.05) is 32.9 Å². The first-order valence-corrected chi connectivity index (χ1v) is 7.43. The fraction of sp³-hybridized carbons (Fsp3) is 0.588. The summed E-state index contributed by atoms with van der Waals surface area (Å²) in [5.41, 5.74) is 1.38. The molecule has 0 atom stereocenters. The number of rotatable bonds is 8. The Morgan fingerprint density at radius 2 is 2.00 bits per heavy atom. The van der Waals surface area contributed by atoms with Gasteiger partial charge in [-0.25, -0.2) is 0 Å². The number of nitrogens with zero attached hydrogens (tertiary/aromatic N) is 1. The highest BCUT2D eigenvalue weighted by atomic mass is 16.5. The summed E-state index contributed by atoms with van der Waals surface area (Å²) in [4.78, 5) is 12.5. The Hall–Kier alpha value is -1.55. The molecule has 1 aromatic rings. The monoisotopic (exact) mass is 293 g/mol. The molecule has 0 amide bonds. The number of aliphatic carboxylic acids is 1. The van der Waals surface area contributed by atoms with Crippen LogP contribution in [0.2, 0.25) is 0 Å². The molecule has 21 heavy (non-hydrogen) atoms. The van der Waals surface area contributed by atoms with Gasteiger partial charge in [-0.15, -0.1) is 0 Å². The van der Waals surface area contributed by atoms with Gasteiger partial charge in [-0.05, 0) is 36.6 Å². The molecule has 0 fully saturated rings. The third kappa shape index (κ3) is 7.14. The Kier molecular flexibility index (Phi) is 6.69. The maximum Gasteiger partial charge on any atom is 0.304 e. The number of hydrogen-bond donors (Lipinski definition) is 1. The molecule has 0 spiro atoms. The van der Waals surface area contributed by atoms with E-state index in [0.717, 1.165) is 18.7 Å². The van der Waals surface area contributed by atoms with Crippen molar-refractivity contribution in [1.82, 2.24) is 4.90 Å². The normalized spacial score (nSPS) is 11.7. The minimum Gasteiger partial charge on any atom is -0.494 e. The van der Waals surface area contributed by atoms with Crippen molar-refractivity contribution in [2.45, 2.75) is 39.0 Å². The number of ether oxygens (including phenoxy) is 1. The van der Waals surface area contributed by atoms with E-state index in [1.807, 2.05) is 24.1 Å². The van der Waals surface area contributed by atoms with Gasteiger partial charge in [0.15, 0.2) is 0 Å². The van der Waals surface area contributed by atoms with E-state index >= 15 is 0 Å². The molecule has 0 saturated heterocycles. The maximum atomic E-state index is 10.5. The quantitative estimate of drug-likeness (QED) is 0.748. The standard InChI is InChI=1S/C17H27NO3/c1-17(2,3)14-7-5-8-15(13-14)21-12-6-10-18(4)11-9-16(19)20/h5,7-8,13H,6,9-12H2,1-4H3,(H,19,20). The van der Waals surface area contributed by atoms with Gasteiger partial charge in [-0.3, -0.25) is 4.79 Å². The number of carbonyl (C=O) groups is 1. The van der Waals surface area contributed by atoms with Crippen LogP contribution < -0.4 is 4.74 Å². The van der Waals surface area contributed by atoms with E-state index in [1.165, 1.54) is 5.56 Å². The van der Waals surface area contributed by atoms with Gasteiger partial charge in [0.1, 0.15) is 5.75 Å². The Bertz CT molecular complexity index is 452. The van der Waals surface area contributed by atoms with E-state index in [2.05, 4.69) is 32.9 Å². The summed E-state index contributed by atoms with van der Waals surface area (Å²) in [5.74, 6) is 0.146. The van der Waals surface area contributed by atoms with Crippen LogP contribution in [0.1, 0.15) is 39.2 Å². The molecule has 1 N–H and O–H groups in total. The lowest BCUT2D eigenvalue weighted by Crippen LogP contribution is -2.24. The average molecular weight is 293 g/mol. The van der Waals surface area contributed by atoms with E-state index in [9.17, 15) is 4.79 Å². The minimum absolute atomic E-state index is 0.121. The molecule has 0 radical (unpaired) electrons. The van der Waals surface area contributed by atoms with Crippen molar-refractivity contribution in [2.24, 2.45) is 0 Å². The lowest BCUT2D eigenvalue weighted by atomic mass is 9.87. The number of hydrogen-bond acceptors (Lipinski definition) is 3. The van der Waals surface area contributed by atoms with Gasteiger partial charge in [-0.2, -0.15) is 0 Å².